The molecular formula is C16H18N2O3. The zero-order valence-electron chi connectivity index (χ0n) is 12.3. The van der Waals surface area contributed by atoms with Gasteiger partial charge in [0.2, 0.25) is 0 Å². The van der Waals surface area contributed by atoms with E-state index in [2.05, 4.69) is 10.3 Å². The maximum Gasteiger partial charge on any atom is 0.312 e. The zero-order chi connectivity index (χ0) is 15.4. The first-order valence-corrected chi connectivity index (χ1v) is 6.65. The molecule has 21 heavy (non-hydrogen) atoms. The largest absolute Gasteiger partial charge is 0.469 e. The second-order valence-electron chi connectivity index (χ2n) is 4.88. The van der Waals surface area contributed by atoms with Crippen LogP contribution in [-0.4, -0.2) is 24.0 Å². The highest BCUT2D eigenvalue weighted by molar-refractivity contribution is 6.05. The van der Waals surface area contributed by atoms with Gasteiger partial charge in [-0.1, -0.05) is 12.1 Å². The summed E-state index contributed by atoms with van der Waals surface area (Å²) in [7, 11) is 1.36. The van der Waals surface area contributed by atoms with Crippen molar-refractivity contribution in [3.63, 3.8) is 0 Å². The molecule has 0 aliphatic heterocycles. The van der Waals surface area contributed by atoms with Crippen molar-refractivity contribution in [1.29, 1.82) is 0 Å². The third-order valence-electron chi connectivity index (χ3n) is 3.40. The van der Waals surface area contributed by atoms with Gasteiger partial charge in [-0.3, -0.25) is 9.59 Å². The summed E-state index contributed by atoms with van der Waals surface area (Å²) < 4.78 is 4.73. The highest BCUT2D eigenvalue weighted by atomic mass is 16.5. The Kier molecular flexibility index (Phi) is 4.42. The van der Waals surface area contributed by atoms with Gasteiger partial charge < -0.3 is 15.0 Å². The molecule has 1 aromatic carbocycles. The molecule has 0 radical (unpaired) electrons. The number of benzene rings is 1. The molecule has 0 fully saturated rings. The van der Waals surface area contributed by atoms with Crippen LogP contribution >= 0.6 is 0 Å². The quantitative estimate of drug-likeness (QED) is 0.849. The number of hydrogen-bond acceptors (Lipinski definition) is 3. The van der Waals surface area contributed by atoms with Gasteiger partial charge in [0.1, 0.15) is 0 Å². The third-order valence-corrected chi connectivity index (χ3v) is 3.40. The normalized spacial score (nSPS) is 11.8. The number of ether oxygens (including phenoxy) is 1. The summed E-state index contributed by atoms with van der Waals surface area (Å²) in [5.74, 6) is -0.863. The lowest BCUT2D eigenvalue weighted by Crippen LogP contribution is -2.14. The Morgan fingerprint density at radius 1 is 1.29 bits per heavy atom. The van der Waals surface area contributed by atoms with Crippen LogP contribution in [0.3, 0.4) is 0 Å². The summed E-state index contributed by atoms with van der Waals surface area (Å²) in [6.07, 6.45) is 3.43. The van der Waals surface area contributed by atoms with Crippen molar-refractivity contribution in [3.05, 3.63) is 53.3 Å². The van der Waals surface area contributed by atoms with Crippen LogP contribution in [0.25, 0.3) is 0 Å². The number of rotatable bonds is 4. The van der Waals surface area contributed by atoms with Crippen molar-refractivity contribution in [2.75, 3.05) is 12.4 Å². The van der Waals surface area contributed by atoms with E-state index < -0.39 is 0 Å². The molecule has 2 rings (SSSR count). The molecule has 0 unspecified atom stereocenters. The molecule has 0 aliphatic rings. The van der Waals surface area contributed by atoms with Gasteiger partial charge in [-0.15, -0.1) is 0 Å². The minimum absolute atomic E-state index is 0.184. The Bertz CT molecular complexity index is 661. The molecule has 0 bridgehead atoms. The molecule has 2 aromatic rings. The van der Waals surface area contributed by atoms with Crippen LogP contribution in [0.1, 0.15) is 34.3 Å². The Morgan fingerprint density at radius 2 is 2.05 bits per heavy atom. The number of carbonyl (C=O) groups excluding carboxylic acids is 2. The lowest BCUT2D eigenvalue weighted by molar-refractivity contribution is -0.141. The van der Waals surface area contributed by atoms with E-state index in [0.717, 1.165) is 11.1 Å². The predicted molar refractivity (Wildman–Crippen MR) is 80.4 cm³/mol. The lowest BCUT2D eigenvalue weighted by Gasteiger charge is -2.11. The molecule has 1 atom stereocenters. The van der Waals surface area contributed by atoms with Crippen molar-refractivity contribution in [2.24, 2.45) is 0 Å². The minimum Gasteiger partial charge on any atom is -0.469 e. The Morgan fingerprint density at radius 3 is 2.67 bits per heavy atom. The van der Waals surface area contributed by atoms with E-state index in [9.17, 15) is 9.59 Å². The van der Waals surface area contributed by atoms with Gasteiger partial charge in [0.25, 0.3) is 5.91 Å². The van der Waals surface area contributed by atoms with Crippen LogP contribution in [0.5, 0.6) is 0 Å². The fourth-order valence-electron chi connectivity index (χ4n) is 2.08. The minimum atomic E-state index is -0.374. The van der Waals surface area contributed by atoms with Crippen LogP contribution in [0.15, 0.2) is 36.7 Å². The van der Waals surface area contributed by atoms with Gasteiger partial charge in [0, 0.05) is 18.1 Å². The van der Waals surface area contributed by atoms with Gasteiger partial charge in [-0.25, -0.2) is 0 Å². The molecule has 110 valence electrons. The molecule has 1 aromatic heterocycles. The van der Waals surface area contributed by atoms with Gasteiger partial charge in [-0.2, -0.15) is 0 Å². The first kappa shape index (κ1) is 14.8. The number of hydrogen-bond donors (Lipinski definition) is 2. The number of esters is 1. The van der Waals surface area contributed by atoms with E-state index >= 15 is 0 Å². The number of carbonyl (C=O) groups is 2. The molecule has 5 nitrogen and oxygen atoms in total. The topological polar surface area (TPSA) is 71.2 Å². The molecule has 1 amide bonds. The maximum atomic E-state index is 12.1. The molecule has 0 saturated carbocycles. The highest BCUT2D eigenvalue weighted by Crippen LogP contribution is 2.21. The standard InChI is InChI=1S/C16H18N2O3/c1-10-8-17-9-14(10)15(19)18-13-6-4-5-12(7-13)11(2)16(20)21-3/h4-9,11,17H,1-3H3,(H,18,19)/t11-/m1/s1. The fraction of sp³-hybridized carbons (Fsp3) is 0.250. The molecule has 0 aliphatic carbocycles. The fourth-order valence-corrected chi connectivity index (χ4v) is 2.08. The van der Waals surface area contributed by atoms with E-state index in [0.29, 0.717) is 11.3 Å². The molecule has 0 spiro atoms. The second-order valence-corrected chi connectivity index (χ2v) is 4.88. The number of anilines is 1. The third kappa shape index (κ3) is 3.31. The van der Waals surface area contributed by atoms with Gasteiger partial charge in [0.05, 0.1) is 18.6 Å². The summed E-state index contributed by atoms with van der Waals surface area (Å²) >= 11 is 0. The second kappa shape index (κ2) is 6.26. The van der Waals surface area contributed by atoms with Crippen LogP contribution in [0.2, 0.25) is 0 Å². The van der Waals surface area contributed by atoms with Crippen molar-refractivity contribution in [3.8, 4) is 0 Å². The summed E-state index contributed by atoms with van der Waals surface area (Å²) in [5.41, 5.74) is 2.92. The molecular weight excluding hydrogens is 268 g/mol. The van der Waals surface area contributed by atoms with Crippen LogP contribution in [0, 0.1) is 6.92 Å². The summed E-state index contributed by atoms with van der Waals surface area (Å²) in [6, 6.07) is 7.20. The summed E-state index contributed by atoms with van der Waals surface area (Å²) in [6.45, 7) is 3.63. The van der Waals surface area contributed by atoms with Crippen LogP contribution in [-0.2, 0) is 9.53 Å². The Balaban J connectivity index is 2.17. The van der Waals surface area contributed by atoms with E-state index in [1.165, 1.54) is 7.11 Å². The number of aromatic amines is 1. The first-order valence-electron chi connectivity index (χ1n) is 6.65. The van der Waals surface area contributed by atoms with Crippen molar-refractivity contribution in [2.45, 2.75) is 19.8 Å². The highest BCUT2D eigenvalue weighted by Gasteiger charge is 2.16. The van der Waals surface area contributed by atoms with E-state index in [1.54, 1.807) is 37.5 Å². The van der Waals surface area contributed by atoms with Crippen LogP contribution < -0.4 is 5.32 Å². The van der Waals surface area contributed by atoms with Crippen molar-refractivity contribution < 1.29 is 14.3 Å². The van der Waals surface area contributed by atoms with Gasteiger partial charge in [0.15, 0.2) is 0 Å². The molecule has 2 N–H and O–H groups in total. The molecule has 5 heteroatoms. The SMILES string of the molecule is COC(=O)[C@H](C)c1cccc(NC(=O)c2c[nH]cc2C)c1. The maximum absolute atomic E-state index is 12.1. The average molecular weight is 286 g/mol. The summed E-state index contributed by atoms with van der Waals surface area (Å²) in [5, 5.41) is 2.83. The van der Waals surface area contributed by atoms with Crippen molar-refractivity contribution in [1.82, 2.24) is 4.98 Å². The predicted octanol–water partition coefficient (Wildman–Crippen LogP) is 2.85. The van der Waals surface area contributed by atoms with E-state index in [1.807, 2.05) is 13.0 Å². The lowest BCUT2D eigenvalue weighted by atomic mass is 10.0. The number of H-pyrrole nitrogens is 1. The van der Waals surface area contributed by atoms with Gasteiger partial charge >= 0.3 is 5.97 Å². The van der Waals surface area contributed by atoms with Crippen LogP contribution in [0.4, 0.5) is 5.69 Å². The Labute approximate surface area is 123 Å². The van der Waals surface area contributed by atoms with Gasteiger partial charge in [-0.05, 0) is 37.1 Å². The van der Waals surface area contributed by atoms with E-state index in [-0.39, 0.29) is 17.8 Å². The molecule has 0 saturated heterocycles. The van der Waals surface area contributed by atoms with Crippen molar-refractivity contribution >= 4 is 17.6 Å². The average Bonchev–Trinajstić information content (AvgIpc) is 2.92. The Hall–Kier alpha value is -2.56. The number of nitrogens with one attached hydrogen (secondary N) is 2. The number of aryl methyl sites for hydroxylation is 1. The molecule has 1 heterocycles. The number of amides is 1. The number of methoxy groups -OCH3 is 1. The zero-order valence-corrected chi connectivity index (χ0v) is 12.3. The summed E-state index contributed by atoms with van der Waals surface area (Å²) in [4.78, 5) is 26.6. The monoisotopic (exact) mass is 286 g/mol. The smallest absolute Gasteiger partial charge is 0.312 e. The first-order chi connectivity index (χ1) is 10.0. The number of aromatic nitrogens is 1. The van der Waals surface area contributed by atoms with E-state index in [4.69, 9.17) is 4.74 Å².